The van der Waals surface area contributed by atoms with E-state index in [1.807, 2.05) is 0 Å². The Labute approximate surface area is 127 Å². The molecule has 0 aliphatic carbocycles. The average molecular weight is 304 g/mol. The van der Waals surface area contributed by atoms with Gasteiger partial charge >= 0.3 is 12.0 Å². The van der Waals surface area contributed by atoms with Crippen LogP contribution in [-0.4, -0.2) is 55.2 Å². The third-order valence-corrected chi connectivity index (χ3v) is 3.71. The molecule has 2 aliphatic heterocycles. The third-order valence-electron chi connectivity index (χ3n) is 3.71. The van der Waals surface area contributed by atoms with Gasteiger partial charge in [-0.2, -0.15) is 0 Å². The summed E-state index contributed by atoms with van der Waals surface area (Å²) < 4.78 is 10.2. The summed E-state index contributed by atoms with van der Waals surface area (Å²) in [6, 6.07) is 5.33. The summed E-state index contributed by atoms with van der Waals surface area (Å²) in [4.78, 5) is 39.0. The Balaban J connectivity index is 1.83. The zero-order chi connectivity index (χ0) is 15.7. The van der Waals surface area contributed by atoms with Crippen LogP contribution in [0, 0.1) is 0 Å². The van der Waals surface area contributed by atoms with E-state index in [-0.39, 0.29) is 18.5 Å². The van der Waals surface area contributed by atoms with Crippen molar-refractivity contribution in [3.05, 3.63) is 29.8 Å². The molecule has 0 bridgehead atoms. The summed E-state index contributed by atoms with van der Waals surface area (Å²) in [7, 11) is 0. The lowest BCUT2D eigenvalue weighted by Crippen LogP contribution is -2.45. The van der Waals surface area contributed by atoms with Crippen LogP contribution in [0.2, 0.25) is 0 Å². The summed E-state index contributed by atoms with van der Waals surface area (Å²) in [6.45, 7) is 3.09. The summed E-state index contributed by atoms with van der Waals surface area (Å²) in [5.74, 6) is -0.729. The van der Waals surface area contributed by atoms with Gasteiger partial charge in [-0.15, -0.1) is 0 Å². The van der Waals surface area contributed by atoms with Gasteiger partial charge in [-0.3, -0.25) is 4.79 Å². The maximum atomic E-state index is 12.4. The van der Waals surface area contributed by atoms with Crippen molar-refractivity contribution in [2.24, 2.45) is 0 Å². The number of imide groups is 1. The molecular weight excluding hydrogens is 288 g/mol. The van der Waals surface area contributed by atoms with Gasteiger partial charge in [0.1, 0.15) is 6.04 Å². The number of morpholine rings is 1. The Morgan fingerprint density at radius 1 is 1.32 bits per heavy atom. The Morgan fingerprint density at radius 3 is 2.68 bits per heavy atom. The number of rotatable bonds is 3. The van der Waals surface area contributed by atoms with Crippen LogP contribution in [0.15, 0.2) is 24.3 Å². The van der Waals surface area contributed by atoms with Crippen LogP contribution in [0.25, 0.3) is 0 Å². The normalized spacial score (nSPS) is 21.0. The van der Waals surface area contributed by atoms with E-state index in [4.69, 9.17) is 9.47 Å². The second-order valence-corrected chi connectivity index (χ2v) is 5.01. The van der Waals surface area contributed by atoms with Gasteiger partial charge in [0, 0.05) is 6.54 Å². The molecule has 22 heavy (non-hydrogen) atoms. The minimum Gasteiger partial charge on any atom is -0.462 e. The second kappa shape index (κ2) is 5.76. The maximum Gasteiger partial charge on any atom is 0.338 e. The molecule has 3 amide bonds. The van der Waals surface area contributed by atoms with E-state index < -0.39 is 12.0 Å². The molecule has 2 saturated heterocycles. The van der Waals surface area contributed by atoms with Crippen LogP contribution in [0.5, 0.6) is 0 Å². The van der Waals surface area contributed by atoms with E-state index in [9.17, 15) is 14.4 Å². The standard InChI is InChI=1S/C15H16N2O5/c1-2-22-14(19)10-3-5-11(6-4-10)17-13(18)12-9-21-8-7-16(12)15(17)20/h3-6,12H,2,7-9H2,1H3. The van der Waals surface area contributed by atoms with Gasteiger partial charge in [-0.05, 0) is 31.2 Å². The zero-order valence-corrected chi connectivity index (χ0v) is 12.2. The monoisotopic (exact) mass is 304 g/mol. The van der Waals surface area contributed by atoms with Crippen molar-refractivity contribution in [2.45, 2.75) is 13.0 Å². The van der Waals surface area contributed by atoms with E-state index in [1.54, 1.807) is 31.2 Å². The molecule has 1 atom stereocenters. The highest BCUT2D eigenvalue weighted by atomic mass is 16.5. The van der Waals surface area contributed by atoms with Crippen molar-refractivity contribution in [1.82, 2.24) is 4.90 Å². The predicted octanol–water partition coefficient (Wildman–Crippen LogP) is 1.03. The van der Waals surface area contributed by atoms with Crippen molar-refractivity contribution in [2.75, 3.05) is 31.3 Å². The van der Waals surface area contributed by atoms with Gasteiger partial charge in [0.25, 0.3) is 5.91 Å². The Bertz CT molecular complexity index is 589. The number of hydrogen-bond donors (Lipinski definition) is 0. The fourth-order valence-corrected chi connectivity index (χ4v) is 2.61. The van der Waals surface area contributed by atoms with E-state index in [0.717, 1.165) is 4.90 Å². The first-order valence-corrected chi connectivity index (χ1v) is 7.13. The molecule has 2 aliphatic rings. The van der Waals surface area contributed by atoms with Gasteiger partial charge in [-0.1, -0.05) is 0 Å². The smallest absolute Gasteiger partial charge is 0.338 e. The van der Waals surface area contributed by atoms with E-state index in [0.29, 0.717) is 31.0 Å². The highest BCUT2D eigenvalue weighted by molar-refractivity contribution is 6.21. The Kier molecular flexibility index (Phi) is 3.81. The number of amides is 3. The van der Waals surface area contributed by atoms with E-state index in [1.165, 1.54) is 4.90 Å². The molecule has 7 heteroatoms. The molecule has 3 rings (SSSR count). The van der Waals surface area contributed by atoms with Crippen molar-refractivity contribution < 1.29 is 23.9 Å². The second-order valence-electron chi connectivity index (χ2n) is 5.01. The number of esters is 1. The molecule has 0 saturated carbocycles. The van der Waals surface area contributed by atoms with Crippen LogP contribution in [-0.2, 0) is 14.3 Å². The SMILES string of the molecule is CCOC(=O)c1ccc(N2C(=O)C3COCCN3C2=O)cc1. The van der Waals surface area contributed by atoms with Crippen LogP contribution in [0.4, 0.5) is 10.5 Å². The molecule has 2 fully saturated rings. The first kappa shape index (κ1) is 14.5. The van der Waals surface area contributed by atoms with Crippen molar-refractivity contribution >= 4 is 23.6 Å². The molecule has 2 heterocycles. The third kappa shape index (κ3) is 2.33. The molecule has 0 radical (unpaired) electrons. The fraction of sp³-hybridized carbons (Fsp3) is 0.400. The van der Waals surface area contributed by atoms with Gasteiger partial charge in [0.2, 0.25) is 0 Å². The largest absolute Gasteiger partial charge is 0.462 e. The quantitative estimate of drug-likeness (QED) is 0.616. The summed E-state index contributed by atoms with van der Waals surface area (Å²) in [5.41, 5.74) is 0.822. The molecule has 0 aromatic heterocycles. The first-order chi connectivity index (χ1) is 10.6. The number of nitrogens with zero attached hydrogens (tertiary/aromatic N) is 2. The van der Waals surface area contributed by atoms with Crippen LogP contribution >= 0.6 is 0 Å². The lowest BCUT2D eigenvalue weighted by atomic mass is 10.2. The molecule has 1 aromatic rings. The number of anilines is 1. The van der Waals surface area contributed by atoms with Crippen LogP contribution < -0.4 is 4.90 Å². The summed E-state index contributed by atoms with van der Waals surface area (Å²) in [5, 5.41) is 0. The molecular formula is C15H16N2O5. The lowest BCUT2D eigenvalue weighted by molar-refractivity contribution is -0.123. The fourth-order valence-electron chi connectivity index (χ4n) is 2.61. The van der Waals surface area contributed by atoms with Gasteiger partial charge in [0.05, 0.1) is 31.1 Å². The van der Waals surface area contributed by atoms with E-state index in [2.05, 4.69) is 0 Å². The summed E-state index contributed by atoms with van der Waals surface area (Å²) in [6.07, 6.45) is 0. The van der Waals surface area contributed by atoms with Crippen molar-refractivity contribution in [3.8, 4) is 0 Å². The maximum absolute atomic E-state index is 12.4. The van der Waals surface area contributed by atoms with Gasteiger partial charge in [-0.25, -0.2) is 14.5 Å². The number of hydrogen-bond acceptors (Lipinski definition) is 5. The number of ether oxygens (including phenoxy) is 2. The molecule has 116 valence electrons. The van der Waals surface area contributed by atoms with Gasteiger partial charge in [0.15, 0.2) is 0 Å². The topological polar surface area (TPSA) is 76.2 Å². The molecule has 0 spiro atoms. The minimum atomic E-state index is -0.550. The molecule has 7 nitrogen and oxygen atoms in total. The molecule has 1 unspecified atom stereocenters. The highest BCUT2D eigenvalue weighted by Gasteiger charge is 2.47. The lowest BCUT2D eigenvalue weighted by Gasteiger charge is -2.26. The van der Waals surface area contributed by atoms with Crippen LogP contribution in [0.3, 0.4) is 0 Å². The minimum absolute atomic E-state index is 0.224. The summed E-state index contributed by atoms with van der Waals surface area (Å²) >= 11 is 0. The van der Waals surface area contributed by atoms with Gasteiger partial charge < -0.3 is 14.4 Å². The number of urea groups is 1. The molecule has 1 aromatic carbocycles. The van der Waals surface area contributed by atoms with E-state index >= 15 is 0 Å². The highest BCUT2D eigenvalue weighted by Crippen LogP contribution is 2.27. The van der Waals surface area contributed by atoms with Crippen molar-refractivity contribution in [1.29, 1.82) is 0 Å². The Morgan fingerprint density at radius 2 is 2.05 bits per heavy atom. The number of carbonyl (C=O) groups excluding carboxylic acids is 3. The Hall–Kier alpha value is -2.41. The molecule has 0 N–H and O–H groups in total. The van der Waals surface area contributed by atoms with Crippen molar-refractivity contribution in [3.63, 3.8) is 0 Å². The number of benzene rings is 1. The number of carbonyl (C=O) groups is 3. The number of fused-ring (bicyclic) bond motifs is 1. The zero-order valence-electron chi connectivity index (χ0n) is 12.2. The first-order valence-electron chi connectivity index (χ1n) is 7.13. The van der Waals surface area contributed by atoms with Crippen LogP contribution in [0.1, 0.15) is 17.3 Å². The predicted molar refractivity (Wildman–Crippen MR) is 76.6 cm³/mol. The average Bonchev–Trinajstić information content (AvgIpc) is 2.80.